The molecule has 0 saturated carbocycles. The zero-order chi connectivity index (χ0) is 20.8. The van der Waals surface area contributed by atoms with E-state index in [2.05, 4.69) is 42.1 Å². The molecule has 0 aliphatic heterocycles. The number of benzene rings is 2. The Morgan fingerprint density at radius 2 is 1.18 bits per heavy atom. The van der Waals surface area contributed by atoms with E-state index in [1.165, 1.54) is 12.4 Å². The van der Waals surface area contributed by atoms with Crippen molar-refractivity contribution in [2.45, 2.75) is 0 Å². The smallest absolute Gasteiger partial charge is 0.331 e. The van der Waals surface area contributed by atoms with Crippen molar-refractivity contribution in [3.63, 3.8) is 0 Å². The molecule has 0 aliphatic carbocycles. The fourth-order valence-corrected chi connectivity index (χ4v) is 4.89. The Kier molecular flexibility index (Phi) is 8.63. The number of carbonyl (C=O) groups is 2. The van der Waals surface area contributed by atoms with Gasteiger partial charge in [0.25, 0.3) is 0 Å². The van der Waals surface area contributed by atoms with E-state index in [9.17, 15) is 19.8 Å². The van der Waals surface area contributed by atoms with E-state index in [-0.39, 0.29) is 11.5 Å². The van der Waals surface area contributed by atoms with Gasteiger partial charge >= 0.3 is 11.8 Å². The van der Waals surface area contributed by atoms with Crippen molar-refractivity contribution >= 4 is 101 Å². The lowest BCUT2D eigenvalue weighted by Crippen LogP contribution is -2.35. The Morgan fingerprint density at radius 3 is 1.54 bits per heavy atom. The normalized spacial score (nSPS) is 11.1. The minimum absolute atomic E-state index is 0.000637. The van der Waals surface area contributed by atoms with E-state index < -0.39 is 11.8 Å². The number of hydrazone groups is 2. The fraction of sp³-hybridized carbons (Fsp3) is 0. The van der Waals surface area contributed by atoms with Gasteiger partial charge in [-0.15, -0.1) is 0 Å². The van der Waals surface area contributed by atoms with Gasteiger partial charge in [0.1, 0.15) is 11.5 Å². The molecule has 0 heterocycles. The van der Waals surface area contributed by atoms with E-state index in [0.29, 0.717) is 18.3 Å². The van der Waals surface area contributed by atoms with Gasteiger partial charge in [-0.1, -0.05) is 31.9 Å². The molecule has 4 N–H and O–H groups in total. The summed E-state index contributed by atoms with van der Waals surface area (Å²) in [7, 11) is 0. The van der Waals surface area contributed by atoms with E-state index in [1.54, 1.807) is 24.3 Å². The molecule has 0 bridgehead atoms. The number of phenols is 2. The van der Waals surface area contributed by atoms with Crippen LogP contribution in [0, 0.1) is 7.14 Å². The van der Waals surface area contributed by atoms with Gasteiger partial charge in [-0.2, -0.15) is 10.2 Å². The molecule has 12 heteroatoms. The first-order valence-electron chi connectivity index (χ1n) is 7.21. The van der Waals surface area contributed by atoms with Crippen LogP contribution in [0.1, 0.15) is 11.1 Å². The Balaban J connectivity index is 1.96. The molecule has 0 aromatic heterocycles. The van der Waals surface area contributed by atoms with Crippen LogP contribution < -0.4 is 10.9 Å². The third-order valence-corrected chi connectivity index (χ3v) is 5.62. The number of hydrogen-bond donors (Lipinski definition) is 4. The number of amides is 2. The molecule has 2 amide bonds. The van der Waals surface area contributed by atoms with E-state index in [1.807, 2.05) is 56.0 Å². The highest BCUT2D eigenvalue weighted by Gasteiger charge is 2.12. The van der Waals surface area contributed by atoms with Crippen LogP contribution in [0.2, 0.25) is 0 Å². The topological polar surface area (TPSA) is 123 Å². The third kappa shape index (κ3) is 6.38. The van der Waals surface area contributed by atoms with Crippen molar-refractivity contribution in [2.75, 3.05) is 0 Å². The Morgan fingerprint density at radius 1 is 0.821 bits per heavy atom. The minimum Gasteiger partial charge on any atom is -0.506 e. The Labute approximate surface area is 203 Å². The van der Waals surface area contributed by atoms with Crippen LogP contribution in [0.25, 0.3) is 0 Å². The molecule has 146 valence electrons. The maximum atomic E-state index is 11.7. The van der Waals surface area contributed by atoms with E-state index in [4.69, 9.17) is 0 Å². The second kappa shape index (κ2) is 10.5. The summed E-state index contributed by atoms with van der Waals surface area (Å²) in [6.45, 7) is 0. The maximum Gasteiger partial charge on any atom is 0.331 e. The Bertz CT molecular complexity index is 920. The predicted octanol–water partition coefficient (Wildman–Crippen LogP) is 3.43. The van der Waals surface area contributed by atoms with Crippen LogP contribution in [-0.2, 0) is 9.59 Å². The number of phenolic OH excluding ortho intramolecular Hbond substituents is 2. The number of carbonyl (C=O) groups excluding carboxylic acids is 2. The van der Waals surface area contributed by atoms with Crippen LogP contribution in [0.3, 0.4) is 0 Å². The summed E-state index contributed by atoms with van der Waals surface area (Å²) >= 11 is 10.5. The van der Waals surface area contributed by atoms with Crippen LogP contribution in [0.4, 0.5) is 0 Å². The van der Waals surface area contributed by atoms with Gasteiger partial charge in [-0.05, 0) is 69.4 Å². The second-order valence-electron chi connectivity index (χ2n) is 5.05. The molecular weight excluding hydrogens is 726 g/mol. The van der Waals surface area contributed by atoms with Crippen molar-refractivity contribution in [3.05, 3.63) is 51.5 Å². The number of aromatic hydroxyl groups is 2. The number of halogens is 4. The fourth-order valence-electron chi connectivity index (χ4n) is 1.79. The van der Waals surface area contributed by atoms with Crippen LogP contribution in [0.15, 0.2) is 43.4 Å². The molecule has 0 saturated heterocycles. The van der Waals surface area contributed by atoms with Gasteiger partial charge < -0.3 is 10.2 Å². The minimum atomic E-state index is -1.05. The summed E-state index contributed by atoms with van der Waals surface area (Å²) in [5.74, 6) is -2.10. The van der Waals surface area contributed by atoms with Crippen molar-refractivity contribution < 1.29 is 19.8 Å². The molecule has 8 nitrogen and oxygen atoms in total. The number of nitrogens with zero attached hydrogens (tertiary/aromatic N) is 2. The predicted molar refractivity (Wildman–Crippen MR) is 129 cm³/mol. The Hall–Kier alpha value is -1.26. The third-order valence-electron chi connectivity index (χ3n) is 3.06. The molecule has 28 heavy (non-hydrogen) atoms. The van der Waals surface area contributed by atoms with Gasteiger partial charge in [0, 0.05) is 20.1 Å². The SMILES string of the molecule is O=C(N/N=C/c1cc(Br)cc(I)c1O)C(=O)N/N=C/c1cc(Br)cc(I)c1O. The average molecular weight is 736 g/mol. The molecule has 0 atom stereocenters. The number of nitrogens with one attached hydrogen (secondary N) is 2. The largest absolute Gasteiger partial charge is 0.506 e. The molecule has 0 unspecified atom stereocenters. The highest BCUT2D eigenvalue weighted by molar-refractivity contribution is 14.1. The number of rotatable bonds is 4. The summed E-state index contributed by atoms with van der Waals surface area (Å²) in [5.41, 5.74) is 4.78. The first-order chi connectivity index (χ1) is 13.2. The van der Waals surface area contributed by atoms with Gasteiger partial charge in [-0.25, -0.2) is 10.9 Å². The van der Waals surface area contributed by atoms with Gasteiger partial charge in [-0.3, -0.25) is 9.59 Å². The summed E-state index contributed by atoms with van der Waals surface area (Å²) in [4.78, 5) is 23.5. The summed E-state index contributed by atoms with van der Waals surface area (Å²) in [6.07, 6.45) is 2.41. The van der Waals surface area contributed by atoms with E-state index >= 15 is 0 Å². The summed E-state index contributed by atoms with van der Waals surface area (Å²) < 4.78 is 2.63. The standard InChI is InChI=1S/C16H10Br2I2N4O4/c17-9-1-7(13(25)11(19)3-9)5-21-23-15(27)16(28)24-22-6-8-2-10(18)4-12(20)14(8)26/h1-6,25-26H,(H,23,27)(H,24,28)/b21-5+,22-6+. The zero-order valence-electron chi connectivity index (χ0n) is 13.6. The van der Waals surface area contributed by atoms with Crippen LogP contribution in [-0.4, -0.2) is 34.5 Å². The van der Waals surface area contributed by atoms with Gasteiger partial charge in [0.15, 0.2) is 0 Å². The molecule has 0 aliphatic rings. The molecule has 0 radical (unpaired) electrons. The monoisotopic (exact) mass is 734 g/mol. The maximum absolute atomic E-state index is 11.7. The van der Waals surface area contributed by atoms with Gasteiger partial charge in [0.05, 0.1) is 19.6 Å². The molecule has 2 rings (SSSR count). The molecular formula is C16H10Br2I2N4O4. The highest BCUT2D eigenvalue weighted by atomic mass is 127. The van der Waals surface area contributed by atoms with Crippen molar-refractivity contribution in [3.8, 4) is 11.5 Å². The number of hydrogen-bond acceptors (Lipinski definition) is 6. The van der Waals surface area contributed by atoms with Crippen LogP contribution in [0.5, 0.6) is 11.5 Å². The van der Waals surface area contributed by atoms with Crippen molar-refractivity contribution in [1.82, 2.24) is 10.9 Å². The highest BCUT2D eigenvalue weighted by Crippen LogP contribution is 2.28. The zero-order valence-corrected chi connectivity index (χ0v) is 21.1. The lowest BCUT2D eigenvalue weighted by Gasteiger charge is -2.03. The summed E-state index contributed by atoms with van der Waals surface area (Å²) in [6, 6.07) is 6.62. The summed E-state index contributed by atoms with van der Waals surface area (Å²) in [5, 5.41) is 27.1. The van der Waals surface area contributed by atoms with E-state index in [0.717, 1.165) is 8.95 Å². The first-order valence-corrected chi connectivity index (χ1v) is 11.0. The molecule has 2 aromatic carbocycles. The van der Waals surface area contributed by atoms with Gasteiger partial charge in [0.2, 0.25) is 0 Å². The molecule has 2 aromatic rings. The lowest BCUT2D eigenvalue weighted by atomic mass is 10.2. The van der Waals surface area contributed by atoms with Crippen LogP contribution >= 0.6 is 77.0 Å². The van der Waals surface area contributed by atoms with Crippen molar-refractivity contribution in [2.24, 2.45) is 10.2 Å². The molecule has 0 fully saturated rings. The average Bonchev–Trinajstić information content (AvgIpc) is 2.62. The second-order valence-corrected chi connectivity index (χ2v) is 9.20. The lowest BCUT2D eigenvalue weighted by molar-refractivity contribution is -0.139. The molecule has 0 spiro atoms. The first kappa shape index (κ1) is 23.0. The quantitative estimate of drug-likeness (QED) is 0.167. The van der Waals surface area contributed by atoms with Crippen molar-refractivity contribution in [1.29, 1.82) is 0 Å².